The van der Waals surface area contributed by atoms with Crippen molar-refractivity contribution in [1.82, 2.24) is 15.5 Å². The van der Waals surface area contributed by atoms with Crippen molar-refractivity contribution in [2.75, 3.05) is 19.6 Å². The van der Waals surface area contributed by atoms with Crippen LogP contribution >= 0.6 is 0 Å². The third-order valence-electron chi connectivity index (χ3n) is 4.68. The minimum absolute atomic E-state index is 0.0359. The van der Waals surface area contributed by atoms with Gasteiger partial charge in [0.1, 0.15) is 6.04 Å². The summed E-state index contributed by atoms with van der Waals surface area (Å²) >= 11 is 0. The van der Waals surface area contributed by atoms with E-state index in [1.807, 2.05) is 27.7 Å². The normalized spacial score (nSPS) is 19.8. The molecule has 1 rings (SSSR count). The molecule has 1 fully saturated rings. The molecule has 0 spiro atoms. The third-order valence-corrected chi connectivity index (χ3v) is 4.68. The van der Waals surface area contributed by atoms with E-state index in [0.29, 0.717) is 31.8 Å². The van der Waals surface area contributed by atoms with Gasteiger partial charge in [0.15, 0.2) is 0 Å². The highest BCUT2D eigenvalue weighted by atomic mass is 16.2. The summed E-state index contributed by atoms with van der Waals surface area (Å²) in [6.07, 6.45) is 2.88. The number of nitrogens with one attached hydrogen (secondary N) is 2. The predicted molar refractivity (Wildman–Crippen MR) is 106 cm³/mol. The zero-order valence-corrected chi connectivity index (χ0v) is 17.2. The van der Waals surface area contributed by atoms with Gasteiger partial charge < -0.3 is 27.0 Å². The van der Waals surface area contributed by atoms with Gasteiger partial charge in [-0.25, -0.2) is 0 Å². The SMILES string of the molecule is CC(C)C[C@H](NC(=O)[C@@H](N)CC(C)C)C(=O)N1CCC[C@H](NCC(N)=O)C1. The number of primary amides is 1. The number of nitrogens with zero attached hydrogens (tertiary/aromatic N) is 1. The quantitative estimate of drug-likeness (QED) is 0.420. The first kappa shape index (κ1) is 23.4. The summed E-state index contributed by atoms with van der Waals surface area (Å²) in [5.74, 6) is -0.205. The zero-order chi connectivity index (χ0) is 20.6. The van der Waals surface area contributed by atoms with Crippen LogP contribution in [0.1, 0.15) is 53.4 Å². The van der Waals surface area contributed by atoms with Crippen molar-refractivity contribution in [2.24, 2.45) is 23.3 Å². The van der Waals surface area contributed by atoms with E-state index in [-0.39, 0.29) is 30.3 Å². The van der Waals surface area contributed by atoms with Gasteiger partial charge in [0.25, 0.3) is 0 Å². The summed E-state index contributed by atoms with van der Waals surface area (Å²) in [6, 6.07) is -1.15. The molecule has 0 aromatic carbocycles. The van der Waals surface area contributed by atoms with Gasteiger partial charge in [0.05, 0.1) is 12.6 Å². The van der Waals surface area contributed by atoms with Crippen LogP contribution in [-0.2, 0) is 14.4 Å². The molecule has 3 atom stereocenters. The molecule has 0 unspecified atom stereocenters. The van der Waals surface area contributed by atoms with Crippen molar-refractivity contribution in [3.05, 3.63) is 0 Å². The lowest BCUT2D eigenvalue weighted by molar-refractivity contribution is -0.138. The molecule has 0 saturated carbocycles. The molecule has 27 heavy (non-hydrogen) atoms. The summed E-state index contributed by atoms with van der Waals surface area (Å²) in [6.45, 7) is 9.32. The molecular weight excluding hydrogens is 346 g/mol. The van der Waals surface area contributed by atoms with E-state index in [2.05, 4.69) is 10.6 Å². The Bertz CT molecular complexity index is 510. The second-order valence-electron chi connectivity index (χ2n) is 8.40. The highest BCUT2D eigenvalue weighted by molar-refractivity contribution is 5.89. The van der Waals surface area contributed by atoms with Gasteiger partial charge in [0.2, 0.25) is 17.7 Å². The van der Waals surface area contributed by atoms with E-state index < -0.39 is 18.0 Å². The fourth-order valence-electron chi connectivity index (χ4n) is 3.40. The van der Waals surface area contributed by atoms with E-state index in [1.54, 1.807) is 4.90 Å². The molecule has 0 radical (unpaired) electrons. The maximum absolute atomic E-state index is 13.0. The Kier molecular flexibility index (Phi) is 9.73. The molecule has 0 bridgehead atoms. The number of nitrogens with two attached hydrogens (primary N) is 2. The molecule has 1 heterocycles. The van der Waals surface area contributed by atoms with Crippen LogP contribution in [0.4, 0.5) is 0 Å². The van der Waals surface area contributed by atoms with Crippen LogP contribution in [0.5, 0.6) is 0 Å². The standard InChI is InChI=1S/C19H37N5O3/c1-12(2)8-15(20)18(26)23-16(9-13(3)4)19(27)24-7-5-6-14(11-24)22-10-17(21)25/h12-16,22H,5-11,20H2,1-4H3,(H2,21,25)(H,23,26)/t14-,15-,16-/m0/s1. The number of likely N-dealkylation sites (tertiary alicyclic amines) is 1. The van der Waals surface area contributed by atoms with E-state index >= 15 is 0 Å². The first-order chi connectivity index (χ1) is 12.6. The molecule has 1 aliphatic heterocycles. The van der Waals surface area contributed by atoms with Crippen molar-refractivity contribution in [2.45, 2.75) is 71.5 Å². The Morgan fingerprint density at radius 2 is 1.74 bits per heavy atom. The number of hydrogen-bond donors (Lipinski definition) is 4. The highest BCUT2D eigenvalue weighted by Crippen LogP contribution is 2.15. The first-order valence-corrected chi connectivity index (χ1v) is 9.96. The first-order valence-electron chi connectivity index (χ1n) is 9.96. The zero-order valence-electron chi connectivity index (χ0n) is 17.2. The Morgan fingerprint density at radius 1 is 1.11 bits per heavy atom. The molecule has 8 nitrogen and oxygen atoms in total. The maximum atomic E-state index is 13.0. The van der Waals surface area contributed by atoms with Crippen LogP contribution in [0.25, 0.3) is 0 Å². The predicted octanol–water partition coefficient (Wildman–Crippen LogP) is -0.0434. The number of rotatable bonds is 10. The Morgan fingerprint density at radius 3 is 2.30 bits per heavy atom. The van der Waals surface area contributed by atoms with Crippen molar-refractivity contribution >= 4 is 17.7 Å². The van der Waals surface area contributed by atoms with Gasteiger partial charge in [-0.3, -0.25) is 14.4 Å². The molecule has 0 aliphatic carbocycles. The van der Waals surface area contributed by atoms with Crippen LogP contribution in [0.15, 0.2) is 0 Å². The lowest BCUT2D eigenvalue weighted by Crippen LogP contribution is -2.57. The average molecular weight is 384 g/mol. The molecule has 8 heteroatoms. The van der Waals surface area contributed by atoms with Crippen LogP contribution in [-0.4, -0.2) is 60.4 Å². The Balaban J connectivity index is 2.72. The third kappa shape index (κ3) is 8.71. The van der Waals surface area contributed by atoms with Crippen molar-refractivity contribution in [3.8, 4) is 0 Å². The smallest absolute Gasteiger partial charge is 0.245 e. The topological polar surface area (TPSA) is 131 Å². The monoisotopic (exact) mass is 383 g/mol. The number of piperidine rings is 1. The largest absolute Gasteiger partial charge is 0.369 e. The van der Waals surface area contributed by atoms with Gasteiger partial charge >= 0.3 is 0 Å². The summed E-state index contributed by atoms with van der Waals surface area (Å²) in [4.78, 5) is 38.2. The van der Waals surface area contributed by atoms with Gasteiger partial charge in [-0.1, -0.05) is 27.7 Å². The van der Waals surface area contributed by atoms with Gasteiger partial charge in [-0.15, -0.1) is 0 Å². The molecule has 6 N–H and O–H groups in total. The van der Waals surface area contributed by atoms with Gasteiger partial charge in [-0.2, -0.15) is 0 Å². The number of amides is 3. The highest BCUT2D eigenvalue weighted by Gasteiger charge is 2.31. The summed E-state index contributed by atoms with van der Waals surface area (Å²) < 4.78 is 0. The van der Waals surface area contributed by atoms with Crippen LogP contribution in [0, 0.1) is 11.8 Å². The van der Waals surface area contributed by atoms with Crippen molar-refractivity contribution in [3.63, 3.8) is 0 Å². The second kappa shape index (κ2) is 11.2. The minimum Gasteiger partial charge on any atom is -0.369 e. The van der Waals surface area contributed by atoms with Crippen LogP contribution in [0.2, 0.25) is 0 Å². The molecule has 1 saturated heterocycles. The molecule has 156 valence electrons. The summed E-state index contributed by atoms with van der Waals surface area (Å²) in [7, 11) is 0. The molecule has 1 aliphatic rings. The van der Waals surface area contributed by atoms with Crippen LogP contribution in [0.3, 0.4) is 0 Å². The summed E-state index contributed by atoms with van der Waals surface area (Å²) in [5.41, 5.74) is 11.2. The van der Waals surface area contributed by atoms with Gasteiger partial charge in [-0.05, 0) is 37.5 Å². The second-order valence-corrected chi connectivity index (χ2v) is 8.40. The van der Waals surface area contributed by atoms with E-state index in [4.69, 9.17) is 11.5 Å². The van der Waals surface area contributed by atoms with E-state index in [0.717, 1.165) is 12.8 Å². The lowest BCUT2D eigenvalue weighted by atomic mass is 9.98. The lowest BCUT2D eigenvalue weighted by Gasteiger charge is -2.36. The summed E-state index contributed by atoms with van der Waals surface area (Å²) in [5, 5.41) is 5.96. The molecular formula is C19H37N5O3. The van der Waals surface area contributed by atoms with Crippen molar-refractivity contribution in [1.29, 1.82) is 0 Å². The van der Waals surface area contributed by atoms with Crippen LogP contribution < -0.4 is 22.1 Å². The fourth-order valence-corrected chi connectivity index (χ4v) is 3.40. The van der Waals surface area contributed by atoms with Crippen molar-refractivity contribution < 1.29 is 14.4 Å². The number of carbonyl (C=O) groups excluding carboxylic acids is 3. The average Bonchev–Trinajstić information content (AvgIpc) is 2.57. The number of hydrogen-bond acceptors (Lipinski definition) is 5. The van der Waals surface area contributed by atoms with E-state index in [9.17, 15) is 14.4 Å². The fraction of sp³-hybridized carbons (Fsp3) is 0.842. The molecule has 3 amide bonds. The number of carbonyl (C=O) groups is 3. The van der Waals surface area contributed by atoms with E-state index in [1.165, 1.54) is 0 Å². The Labute approximate surface area is 162 Å². The maximum Gasteiger partial charge on any atom is 0.245 e. The molecule has 0 aromatic heterocycles. The minimum atomic E-state index is -0.612. The Hall–Kier alpha value is -1.67. The van der Waals surface area contributed by atoms with Gasteiger partial charge in [0, 0.05) is 19.1 Å². The molecule has 0 aromatic rings.